The molecule has 28 heavy (non-hydrogen) atoms. The largest absolute Gasteiger partial charge is 0.497 e. The highest BCUT2D eigenvalue weighted by molar-refractivity contribution is 6.09. The molecule has 2 N–H and O–H groups in total. The van der Waals surface area contributed by atoms with Gasteiger partial charge in [-0.3, -0.25) is 14.5 Å². The van der Waals surface area contributed by atoms with Crippen molar-refractivity contribution >= 4 is 17.8 Å². The number of aryl methyl sites for hydroxylation is 1. The Labute approximate surface area is 162 Å². The van der Waals surface area contributed by atoms with Gasteiger partial charge in [-0.05, 0) is 41.7 Å². The van der Waals surface area contributed by atoms with Gasteiger partial charge in [0.05, 0.1) is 7.11 Å². The van der Waals surface area contributed by atoms with Gasteiger partial charge < -0.3 is 15.4 Å². The van der Waals surface area contributed by atoms with Crippen molar-refractivity contribution < 1.29 is 19.1 Å². The fourth-order valence-corrected chi connectivity index (χ4v) is 3.88. The second-order valence-corrected chi connectivity index (χ2v) is 7.01. The van der Waals surface area contributed by atoms with Crippen LogP contribution in [0.15, 0.2) is 48.5 Å². The smallest absolute Gasteiger partial charge is 0.325 e. The number of carbonyl (C=O) groups is 3. The van der Waals surface area contributed by atoms with Crippen molar-refractivity contribution in [3.05, 3.63) is 65.2 Å². The topological polar surface area (TPSA) is 87.7 Å². The molecule has 2 aliphatic rings. The fourth-order valence-electron chi connectivity index (χ4n) is 3.88. The Kier molecular flexibility index (Phi) is 4.50. The van der Waals surface area contributed by atoms with E-state index in [1.54, 1.807) is 19.2 Å². The second-order valence-electron chi connectivity index (χ2n) is 7.01. The molecule has 1 spiro atoms. The summed E-state index contributed by atoms with van der Waals surface area (Å²) in [6, 6.07) is 14.4. The van der Waals surface area contributed by atoms with Crippen molar-refractivity contribution in [2.75, 3.05) is 13.7 Å². The average Bonchev–Trinajstić information content (AvgIpc) is 3.20. The third-order valence-corrected chi connectivity index (χ3v) is 5.37. The Morgan fingerprint density at radius 1 is 1.18 bits per heavy atom. The van der Waals surface area contributed by atoms with Gasteiger partial charge in [-0.25, -0.2) is 4.79 Å². The molecule has 1 heterocycles. The van der Waals surface area contributed by atoms with Crippen LogP contribution in [-0.4, -0.2) is 36.4 Å². The molecular formula is C21H21N3O4. The first-order valence-electron chi connectivity index (χ1n) is 9.15. The first-order chi connectivity index (χ1) is 13.5. The van der Waals surface area contributed by atoms with Gasteiger partial charge in [0.25, 0.3) is 5.91 Å². The van der Waals surface area contributed by atoms with Crippen molar-refractivity contribution in [1.29, 1.82) is 0 Å². The predicted octanol–water partition coefficient (Wildman–Crippen LogP) is 1.70. The Bertz CT molecular complexity index is 941. The number of nitrogens with zero attached hydrogens (tertiary/aromatic N) is 1. The minimum Gasteiger partial charge on any atom is -0.497 e. The number of benzene rings is 2. The van der Waals surface area contributed by atoms with E-state index in [1.807, 2.05) is 36.4 Å². The minimum atomic E-state index is -1.04. The van der Waals surface area contributed by atoms with E-state index in [9.17, 15) is 14.4 Å². The molecule has 2 aromatic carbocycles. The predicted molar refractivity (Wildman–Crippen MR) is 102 cm³/mol. The highest BCUT2D eigenvalue weighted by atomic mass is 16.5. The second kappa shape index (κ2) is 6.99. The summed E-state index contributed by atoms with van der Waals surface area (Å²) in [6.45, 7) is 0.00515. The molecule has 1 aliphatic heterocycles. The van der Waals surface area contributed by atoms with Crippen LogP contribution >= 0.6 is 0 Å². The number of imide groups is 1. The summed E-state index contributed by atoms with van der Waals surface area (Å²) in [4.78, 5) is 38.8. The SMILES string of the molecule is COc1ccc(CNC(=O)CN2C(=O)NC3(CCc4ccccc43)C2=O)cc1. The highest BCUT2D eigenvalue weighted by Crippen LogP contribution is 2.41. The number of hydrogen-bond donors (Lipinski definition) is 2. The number of methoxy groups -OCH3 is 1. The normalized spacial score (nSPS) is 20.2. The quantitative estimate of drug-likeness (QED) is 0.774. The molecule has 1 atom stereocenters. The van der Waals surface area contributed by atoms with Gasteiger partial charge in [-0.15, -0.1) is 0 Å². The van der Waals surface area contributed by atoms with Gasteiger partial charge in [0.2, 0.25) is 5.91 Å². The van der Waals surface area contributed by atoms with E-state index in [1.165, 1.54) is 0 Å². The van der Waals surface area contributed by atoms with Crippen LogP contribution in [0.5, 0.6) is 5.75 Å². The number of rotatable bonds is 5. The lowest BCUT2D eigenvalue weighted by atomic mass is 9.92. The third-order valence-electron chi connectivity index (χ3n) is 5.37. The van der Waals surface area contributed by atoms with Crippen LogP contribution in [-0.2, 0) is 28.1 Å². The summed E-state index contributed by atoms with van der Waals surface area (Å²) in [7, 11) is 1.59. The van der Waals surface area contributed by atoms with Crippen LogP contribution in [0.4, 0.5) is 4.79 Å². The molecule has 7 nitrogen and oxygen atoms in total. The Balaban J connectivity index is 1.41. The number of amides is 4. The molecule has 0 bridgehead atoms. The number of nitrogens with one attached hydrogen (secondary N) is 2. The molecule has 1 fully saturated rings. The number of ether oxygens (including phenoxy) is 1. The molecule has 0 aromatic heterocycles. The third kappa shape index (κ3) is 2.98. The highest BCUT2D eigenvalue weighted by Gasteiger charge is 2.55. The minimum absolute atomic E-state index is 0.301. The van der Waals surface area contributed by atoms with Crippen LogP contribution in [0.3, 0.4) is 0 Å². The summed E-state index contributed by atoms with van der Waals surface area (Å²) in [5.74, 6) is -0.0127. The van der Waals surface area contributed by atoms with Crippen molar-refractivity contribution in [2.45, 2.75) is 24.9 Å². The van der Waals surface area contributed by atoms with E-state index in [0.717, 1.165) is 33.8 Å². The zero-order valence-corrected chi connectivity index (χ0v) is 15.5. The molecule has 0 radical (unpaired) electrons. The number of hydrogen-bond acceptors (Lipinski definition) is 4. The lowest BCUT2D eigenvalue weighted by Gasteiger charge is -2.22. The zero-order chi connectivity index (χ0) is 19.7. The van der Waals surface area contributed by atoms with Gasteiger partial charge in [-0.1, -0.05) is 36.4 Å². The average molecular weight is 379 g/mol. The van der Waals surface area contributed by atoms with Gasteiger partial charge in [0.15, 0.2) is 0 Å². The Hall–Kier alpha value is -3.35. The zero-order valence-electron chi connectivity index (χ0n) is 15.5. The molecule has 144 valence electrons. The summed E-state index contributed by atoms with van der Waals surface area (Å²) >= 11 is 0. The lowest BCUT2D eigenvalue weighted by Crippen LogP contribution is -2.43. The summed E-state index contributed by atoms with van der Waals surface area (Å²) < 4.78 is 5.10. The lowest BCUT2D eigenvalue weighted by molar-refractivity contribution is -0.135. The molecule has 1 saturated heterocycles. The van der Waals surface area contributed by atoms with E-state index in [4.69, 9.17) is 4.74 Å². The van der Waals surface area contributed by atoms with Crippen molar-refractivity contribution in [3.63, 3.8) is 0 Å². The van der Waals surface area contributed by atoms with Crippen LogP contribution in [0.2, 0.25) is 0 Å². The maximum absolute atomic E-state index is 13.0. The molecular weight excluding hydrogens is 358 g/mol. The van der Waals surface area contributed by atoms with Crippen molar-refractivity contribution in [2.24, 2.45) is 0 Å². The Morgan fingerprint density at radius 2 is 1.93 bits per heavy atom. The molecule has 4 rings (SSSR count). The van der Waals surface area contributed by atoms with Gasteiger partial charge in [-0.2, -0.15) is 0 Å². The van der Waals surface area contributed by atoms with Crippen LogP contribution in [0.25, 0.3) is 0 Å². The summed E-state index contributed by atoms with van der Waals surface area (Å²) in [5, 5.41) is 5.57. The van der Waals surface area contributed by atoms with E-state index in [0.29, 0.717) is 13.0 Å². The summed E-state index contributed by atoms with van der Waals surface area (Å²) in [6.07, 6.45) is 1.24. The van der Waals surface area contributed by atoms with E-state index in [-0.39, 0.29) is 18.4 Å². The fraction of sp³-hybridized carbons (Fsp3) is 0.286. The number of urea groups is 1. The monoisotopic (exact) mass is 379 g/mol. The van der Waals surface area contributed by atoms with E-state index in [2.05, 4.69) is 10.6 Å². The van der Waals surface area contributed by atoms with Crippen LogP contribution < -0.4 is 15.4 Å². The molecule has 1 aliphatic carbocycles. The summed E-state index contributed by atoms with van der Waals surface area (Å²) in [5.41, 5.74) is 1.74. The standard InChI is InChI=1S/C21H21N3O4/c1-28-16-8-6-14(7-9-16)12-22-18(25)13-24-19(26)21(23-20(24)27)11-10-15-4-2-3-5-17(15)21/h2-9H,10-13H2,1H3,(H,22,25)(H,23,27). The van der Waals surface area contributed by atoms with Crippen LogP contribution in [0.1, 0.15) is 23.1 Å². The van der Waals surface area contributed by atoms with Gasteiger partial charge in [0, 0.05) is 6.54 Å². The molecule has 2 aromatic rings. The molecule has 4 amide bonds. The van der Waals surface area contributed by atoms with E-state index < -0.39 is 11.6 Å². The Morgan fingerprint density at radius 3 is 2.68 bits per heavy atom. The van der Waals surface area contributed by atoms with Gasteiger partial charge in [0.1, 0.15) is 17.8 Å². The maximum Gasteiger partial charge on any atom is 0.325 e. The number of carbonyl (C=O) groups excluding carboxylic acids is 3. The van der Waals surface area contributed by atoms with Crippen LogP contribution in [0, 0.1) is 0 Å². The first-order valence-corrected chi connectivity index (χ1v) is 9.15. The first kappa shape index (κ1) is 18.0. The van der Waals surface area contributed by atoms with Crippen molar-refractivity contribution in [3.8, 4) is 5.75 Å². The van der Waals surface area contributed by atoms with Gasteiger partial charge >= 0.3 is 6.03 Å². The number of fused-ring (bicyclic) bond motifs is 2. The maximum atomic E-state index is 13.0. The van der Waals surface area contributed by atoms with Crippen molar-refractivity contribution in [1.82, 2.24) is 15.5 Å². The van der Waals surface area contributed by atoms with E-state index >= 15 is 0 Å². The molecule has 1 unspecified atom stereocenters. The molecule has 0 saturated carbocycles. The molecule has 7 heteroatoms.